The van der Waals surface area contributed by atoms with Gasteiger partial charge in [0.25, 0.3) is 0 Å². The van der Waals surface area contributed by atoms with Crippen LogP contribution in [0.4, 0.5) is 0 Å². The smallest absolute Gasteiger partial charge is 0.244 e. The monoisotopic (exact) mass is 444 g/mol. The molecule has 2 heterocycles. The van der Waals surface area contributed by atoms with E-state index in [0.717, 1.165) is 13.0 Å². The molecule has 152 valence electrons. The van der Waals surface area contributed by atoms with Crippen molar-refractivity contribution in [1.82, 2.24) is 19.4 Å². The van der Waals surface area contributed by atoms with Crippen LogP contribution in [0, 0.1) is 5.92 Å². The Kier molecular flexibility index (Phi) is 6.98. The van der Waals surface area contributed by atoms with E-state index >= 15 is 0 Å². The van der Waals surface area contributed by atoms with Gasteiger partial charge in [0.2, 0.25) is 15.9 Å². The Morgan fingerprint density at radius 3 is 2.68 bits per heavy atom. The third kappa shape index (κ3) is 5.05. The van der Waals surface area contributed by atoms with Crippen LogP contribution in [0.5, 0.6) is 0 Å². The van der Waals surface area contributed by atoms with Crippen LogP contribution in [-0.4, -0.2) is 48.0 Å². The zero-order valence-electron chi connectivity index (χ0n) is 15.2. The number of sulfonamides is 1. The minimum atomic E-state index is -3.73. The normalized spacial score (nSPS) is 16.2. The predicted octanol–water partition coefficient (Wildman–Crippen LogP) is 2.80. The zero-order chi connectivity index (χ0) is 20.1. The molecular weight excluding hydrogens is 423 g/mol. The second-order valence-electron chi connectivity index (χ2n) is 6.67. The van der Waals surface area contributed by atoms with Gasteiger partial charge in [0.15, 0.2) is 0 Å². The Hall–Kier alpha value is -1.61. The van der Waals surface area contributed by atoms with E-state index in [1.807, 2.05) is 16.9 Å². The van der Waals surface area contributed by atoms with Gasteiger partial charge in [-0.05, 0) is 43.5 Å². The fourth-order valence-electron chi connectivity index (χ4n) is 3.20. The first kappa shape index (κ1) is 21.1. The molecular formula is C18H22Cl2N4O3S. The molecule has 1 fully saturated rings. The number of benzene rings is 1. The fraction of sp³-hybridized carbons (Fsp3) is 0.444. The van der Waals surface area contributed by atoms with Gasteiger partial charge < -0.3 is 5.32 Å². The van der Waals surface area contributed by atoms with Crippen LogP contribution < -0.4 is 5.32 Å². The number of nitrogens with one attached hydrogen (secondary N) is 1. The minimum Gasteiger partial charge on any atom is -0.356 e. The Morgan fingerprint density at radius 2 is 2.00 bits per heavy atom. The number of aromatic nitrogens is 2. The lowest BCUT2D eigenvalue weighted by molar-refractivity contribution is -0.126. The van der Waals surface area contributed by atoms with Crippen molar-refractivity contribution < 1.29 is 13.2 Å². The van der Waals surface area contributed by atoms with Crippen molar-refractivity contribution in [2.45, 2.75) is 30.7 Å². The third-order valence-corrected chi connectivity index (χ3v) is 7.37. The molecule has 0 bridgehead atoms. The third-order valence-electron chi connectivity index (χ3n) is 4.76. The van der Waals surface area contributed by atoms with E-state index in [2.05, 4.69) is 10.4 Å². The largest absolute Gasteiger partial charge is 0.356 e. The van der Waals surface area contributed by atoms with Crippen molar-refractivity contribution in [3.8, 4) is 0 Å². The predicted molar refractivity (Wildman–Crippen MR) is 108 cm³/mol. The summed E-state index contributed by atoms with van der Waals surface area (Å²) in [5.41, 5.74) is 0. The molecule has 0 atom stereocenters. The quantitative estimate of drug-likeness (QED) is 0.665. The summed E-state index contributed by atoms with van der Waals surface area (Å²) in [5.74, 6) is -0.218. The molecule has 10 heteroatoms. The first-order valence-electron chi connectivity index (χ1n) is 9.08. The molecule has 7 nitrogen and oxygen atoms in total. The number of hydrogen-bond donors (Lipinski definition) is 1. The van der Waals surface area contributed by atoms with Crippen molar-refractivity contribution in [2.75, 3.05) is 19.6 Å². The maximum atomic E-state index is 12.8. The Labute approximate surface area is 174 Å². The highest BCUT2D eigenvalue weighted by Crippen LogP contribution is 2.30. The number of rotatable bonds is 7. The average Bonchev–Trinajstić information content (AvgIpc) is 3.20. The molecule has 1 amide bonds. The van der Waals surface area contributed by atoms with Gasteiger partial charge >= 0.3 is 0 Å². The first-order valence-corrected chi connectivity index (χ1v) is 11.3. The van der Waals surface area contributed by atoms with Gasteiger partial charge in [0.05, 0.1) is 5.02 Å². The van der Waals surface area contributed by atoms with E-state index in [1.54, 1.807) is 12.3 Å². The number of carbonyl (C=O) groups excluding carboxylic acids is 1. The molecule has 2 aromatic rings. The molecule has 0 unspecified atom stereocenters. The molecule has 3 rings (SSSR count). The molecule has 0 spiro atoms. The van der Waals surface area contributed by atoms with Gasteiger partial charge in [0.1, 0.15) is 4.90 Å². The van der Waals surface area contributed by atoms with E-state index in [4.69, 9.17) is 23.2 Å². The molecule has 1 aromatic carbocycles. The van der Waals surface area contributed by atoms with Gasteiger partial charge in [-0.2, -0.15) is 9.40 Å². The second kappa shape index (κ2) is 9.26. The van der Waals surface area contributed by atoms with E-state index in [1.165, 1.54) is 16.4 Å². The molecule has 0 radical (unpaired) electrons. The van der Waals surface area contributed by atoms with Crippen LogP contribution in [0.2, 0.25) is 10.0 Å². The summed E-state index contributed by atoms with van der Waals surface area (Å²) in [5, 5.41) is 7.50. The fourth-order valence-corrected chi connectivity index (χ4v) is 5.41. The number of carbonyl (C=O) groups is 1. The zero-order valence-corrected chi connectivity index (χ0v) is 17.6. The van der Waals surface area contributed by atoms with Crippen molar-refractivity contribution in [1.29, 1.82) is 0 Å². The van der Waals surface area contributed by atoms with E-state index in [9.17, 15) is 13.2 Å². The summed E-state index contributed by atoms with van der Waals surface area (Å²) in [6.07, 6.45) is 5.33. The molecule has 1 saturated heterocycles. The summed E-state index contributed by atoms with van der Waals surface area (Å²) in [6.45, 7) is 1.85. The van der Waals surface area contributed by atoms with Gasteiger partial charge in [-0.15, -0.1) is 0 Å². The summed E-state index contributed by atoms with van der Waals surface area (Å²) in [7, 11) is -3.73. The Bertz CT molecular complexity index is 911. The SMILES string of the molecule is O=C(NCCCn1cccn1)C1CCN(S(=O)(=O)c2cc(Cl)ccc2Cl)CC1. The second-order valence-corrected chi connectivity index (χ2v) is 9.42. The number of amides is 1. The lowest BCUT2D eigenvalue weighted by Crippen LogP contribution is -2.43. The van der Waals surface area contributed by atoms with Gasteiger partial charge in [0, 0.05) is 49.5 Å². The molecule has 1 aliphatic rings. The lowest BCUT2D eigenvalue weighted by atomic mass is 9.97. The molecule has 28 heavy (non-hydrogen) atoms. The minimum absolute atomic E-state index is 0.00295. The van der Waals surface area contributed by atoms with E-state index in [0.29, 0.717) is 24.4 Å². The van der Waals surface area contributed by atoms with Crippen molar-refractivity contribution in [3.63, 3.8) is 0 Å². The standard InChI is InChI=1S/C18H22Cl2N4O3S/c19-15-3-4-16(20)17(13-15)28(26,27)24-11-5-14(6-12-24)18(25)21-7-1-9-23-10-2-8-22-23/h2-4,8,10,13-14H,1,5-7,9,11-12H2,(H,21,25). The van der Waals surface area contributed by atoms with E-state index in [-0.39, 0.29) is 34.8 Å². The number of nitrogens with zero attached hydrogens (tertiary/aromatic N) is 3. The highest BCUT2D eigenvalue weighted by molar-refractivity contribution is 7.89. The van der Waals surface area contributed by atoms with E-state index < -0.39 is 10.0 Å². The van der Waals surface area contributed by atoms with Crippen molar-refractivity contribution in [2.24, 2.45) is 5.92 Å². The molecule has 0 saturated carbocycles. The lowest BCUT2D eigenvalue weighted by Gasteiger charge is -2.30. The number of halogens is 2. The average molecular weight is 445 g/mol. The maximum absolute atomic E-state index is 12.8. The molecule has 1 N–H and O–H groups in total. The van der Waals surface area contributed by atoms with Crippen LogP contribution in [0.15, 0.2) is 41.6 Å². The molecule has 1 aromatic heterocycles. The van der Waals surface area contributed by atoms with Gasteiger partial charge in [-0.3, -0.25) is 9.48 Å². The van der Waals surface area contributed by atoms with Crippen LogP contribution in [-0.2, 0) is 21.4 Å². The van der Waals surface area contributed by atoms with Crippen molar-refractivity contribution in [3.05, 3.63) is 46.7 Å². The summed E-state index contributed by atoms with van der Waals surface area (Å²) in [6, 6.07) is 6.24. The molecule has 1 aliphatic heterocycles. The highest BCUT2D eigenvalue weighted by Gasteiger charge is 2.33. The van der Waals surface area contributed by atoms with Crippen LogP contribution in [0.25, 0.3) is 0 Å². The van der Waals surface area contributed by atoms with Crippen LogP contribution in [0.1, 0.15) is 19.3 Å². The summed E-state index contributed by atoms with van der Waals surface area (Å²) in [4.78, 5) is 12.3. The number of piperidine rings is 1. The maximum Gasteiger partial charge on any atom is 0.244 e. The topological polar surface area (TPSA) is 84.3 Å². The number of aryl methyl sites for hydroxylation is 1. The van der Waals surface area contributed by atoms with Gasteiger partial charge in [-0.1, -0.05) is 23.2 Å². The van der Waals surface area contributed by atoms with Crippen molar-refractivity contribution >= 4 is 39.1 Å². The van der Waals surface area contributed by atoms with Gasteiger partial charge in [-0.25, -0.2) is 8.42 Å². The highest BCUT2D eigenvalue weighted by atomic mass is 35.5. The van der Waals surface area contributed by atoms with Crippen LogP contribution in [0.3, 0.4) is 0 Å². The Balaban J connectivity index is 1.49. The summed E-state index contributed by atoms with van der Waals surface area (Å²) < 4.78 is 28.9. The molecule has 0 aliphatic carbocycles. The Morgan fingerprint density at radius 1 is 1.25 bits per heavy atom. The van der Waals surface area contributed by atoms with Crippen LogP contribution >= 0.6 is 23.2 Å². The number of hydrogen-bond acceptors (Lipinski definition) is 4. The first-order chi connectivity index (χ1) is 13.4. The summed E-state index contributed by atoms with van der Waals surface area (Å²) >= 11 is 12.0.